The number of anilines is 8. The average molecular weight is 725 g/mol. The van der Waals surface area contributed by atoms with Crippen LogP contribution in [0, 0.1) is 0 Å². The van der Waals surface area contributed by atoms with Crippen LogP contribution in [0.25, 0.3) is 12.2 Å². The van der Waals surface area contributed by atoms with Crippen molar-refractivity contribution in [2.24, 2.45) is 0 Å². The Morgan fingerprint density at radius 3 is 1.52 bits per heavy atom. The lowest BCUT2D eigenvalue weighted by Crippen LogP contribution is -2.37. The zero-order chi connectivity index (χ0) is 35.5. The molecular formula is C29H32N12O7S2-2. The molecule has 0 radical (unpaired) electrons. The summed E-state index contributed by atoms with van der Waals surface area (Å²) in [6.45, 7) is 3.53. The smallest absolute Gasteiger partial charge is 0.233 e. The molecule has 0 atom stereocenters. The monoisotopic (exact) mass is 724 g/mol. The Kier molecular flexibility index (Phi) is 9.93. The van der Waals surface area contributed by atoms with Crippen molar-refractivity contribution in [2.75, 3.05) is 71.3 Å². The molecule has 19 nitrogen and oxygen atoms in total. The Hall–Kier alpha value is -5.22. The molecule has 0 spiro atoms. The van der Waals surface area contributed by atoms with E-state index in [-0.39, 0.29) is 46.3 Å². The van der Waals surface area contributed by atoms with Crippen LogP contribution in [0.4, 0.5) is 47.1 Å². The maximum atomic E-state index is 12.3. The number of nitrogen functional groups attached to an aromatic ring is 2. The summed E-state index contributed by atoms with van der Waals surface area (Å²) in [5.74, 6) is 0.607. The molecule has 0 unspecified atom stereocenters. The molecule has 2 aromatic carbocycles. The van der Waals surface area contributed by atoms with Gasteiger partial charge >= 0.3 is 0 Å². The summed E-state index contributed by atoms with van der Waals surface area (Å²) in [6.07, 6.45) is 5.47. The molecule has 21 heteroatoms. The van der Waals surface area contributed by atoms with Crippen LogP contribution < -0.4 is 31.9 Å². The molecule has 6 N–H and O–H groups in total. The van der Waals surface area contributed by atoms with Crippen molar-refractivity contribution in [1.82, 2.24) is 29.9 Å². The Bertz CT molecular complexity index is 1990. The number of nitrogens with two attached hydrogens (primary N) is 2. The third kappa shape index (κ3) is 8.49. The summed E-state index contributed by atoms with van der Waals surface area (Å²) in [7, 11) is -10.1. The minimum atomic E-state index is -5.05. The van der Waals surface area contributed by atoms with Crippen molar-refractivity contribution in [3.8, 4) is 0 Å². The third-order valence-electron chi connectivity index (χ3n) is 7.74. The quantitative estimate of drug-likeness (QED) is 0.133. The molecular weight excluding hydrogens is 693 g/mol. The van der Waals surface area contributed by atoms with E-state index in [9.17, 15) is 25.9 Å². The van der Waals surface area contributed by atoms with Gasteiger partial charge in [0.2, 0.25) is 35.7 Å². The molecule has 6 rings (SSSR count). The predicted molar refractivity (Wildman–Crippen MR) is 182 cm³/mol. The van der Waals surface area contributed by atoms with E-state index in [2.05, 4.69) is 40.5 Å². The van der Waals surface area contributed by atoms with Gasteiger partial charge in [-0.2, -0.15) is 29.9 Å². The molecule has 2 aromatic heterocycles. The van der Waals surface area contributed by atoms with Crippen LogP contribution in [0.3, 0.4) is 0 Å². The molecule has 2 fully saturated rings. The predicted octanol–water partition coefficient (Wildman–Crippen LogP) is 1.51. The van der Waals surface area contributed by atoms with Crippen molar-refractivity contribution in [3.63, 3.8) is 0 Å². The van der Waals surface area contributed by atoms with Gasteiger partial charge in [-0.3, -0.25) is 0 Å². The zero-order valence-electron chi connectivity index (χ0n) is 26.4. The van der Waals surface area contributed by atoms with Crippen LogP contribution in [0.15, 0.2) is 46.2 Å². The number of nitrogens with zero attached hydrogens (tertiary/aromatic N) is 8. The van der Waals surface area contributed by atoms with Crippen molar-refractivity contribution in [1.29, 1.82) is 0 Å². The molecule has 0 aliphatic carbocycles. The van der Waals surface area contributed by atoms with E-state index in [1.54, 1.807) is 0 Å². The molecule has 4 aromatic rings. The van der Waals surface area contributed by atoms with Crippen LogP contribution in [0.2, 0.25) is 0 Å². The summed E-state index contributed by atoms with van der Waals surface area (Å²) < 4.78 is 79.2. The first-order valence-electron chi connectivity index (χ1n) is 15.3. The Balaban J connectivity index is 1.26. The van der Waals surface area contributed by atoms with Gasteiger partial charge in [0, 0.05) is 37.6 Å². The van der Waals surface area contributed by atoms with E-state index in [1.807, 2.05) is 9.80 Å². The second kappa shape index (κ2) is 14.3. The van der Waals surface area contributed by atoms with Crippen LogP contribution in [0.5, 0.6) is 0 Å². The van der Waals surface area contributed by atoms with Crippen molar-refractivity contribution in [2.45, 2.75) is 29.1 Å². The number of hydrogen-bond donors (Lipinski definition) is 4. The molecule has 0 bridgehead atoms. The van der Waals surface area contributed by atoms with E-state index in [0.29, 0.717) is 38.2 Å². The van der Waals surface area contributed by atoms with E-state index in [0.717, 1.165) is 44.5 Å². The number of ether oxygens (including phenoxy) is 1. The summed E-state index contributed by atoms with van der Waals surface area (Å²) in [5, 5.41) is 5.70. The lowest BCUT2D eigenvalue weighted by atomic mass is 10.1. The summed E-state index contributed by atoms with van der Waals surface area (Å²) in [4.78, 5) is 27.8. The van der Waals surface area contributed by atoms with E-state index >= 15 is 0 Å². The van der Waals surface area contributed by atoms with Gasteiger partial charge in [0.25, 0.3) is 0 Å². The first-order chi connectivity index (χ1) is 23.8. The lowest BCUT2D eigenvalue weighted by Gasteiger charge is -2.26. The van der Waals surface area contributed by atoms with Gasteiger partial charge in [-0.1, -0.05) is 24.3 Å². The van der Waals surface area contributed by atoms with Crippen LogP contribution in [-0.4, -0.2) is 95.2 Å². The molecule has 2 aliphatic heterocycles. The van der Waals surface area contributed by atoms with Gasteiger partial charge in [-0.25, -0.2) is 16.8 Å². The molecule has 4 heterocycles. The fourth-order valence-corrected chi connectivity index (χ4v) is 6.78. The second-order valence-electron chi connectivity index (χ2n) is 11.3. The number of benzene rings is 2. The minimum absolute atomic E-state index is 0.0121. The normalized spacial score (nSPS) is 15.7. The summed E-state index contributed by atoms with van der Waals surface area (Å²) in [5.41, 5.74) is 11.9. The number of hydrogen-bond acceptors (Lipinski definition) is 19. The SMILES string of the molecule is Nc1nc(Nc2ccc(/C=C/c3ccc(Nc4nc(N)nc(N5CCOCC5)n4)cc3S(=O)(=O)[O-])c(S(=O)(=O)[O-])c2)nc(N2CCCCC2)n1. The van der Waals surface area contributed by atoms with Gasteiger partial charge in [0.1, 0.15) is 20.2 Å². The lowest BCUT2D eigenvalue weighted by molar-refractivity contribution is 0.122. The third-order valence-corrected chi connectivity index (χ3v) is 9.52. The van der Waals surface area contributed by atoms with Gasteiger partial charge < -0.3 is 45.7 Å². The van der Waals surface area contributed by atoms with E-state index < -0.39 is 30.0 Å². The highest BCUT2D eigenvalue weighted by Crippen LogP contribution is 2.28. The minimum Gasteiger partial charge on any atom is -0.744 e. The standard InChI is InChI=1S/C29H34N12O7S2/c30-24-34-26(38-28(36-24)40-10-2-1-3-11-40)32-20-8-6-18(22(16-20)49(42,43)44)4-5-19-7-9-21(17-23(19)50(45,46)47)33-27-35-25(31)37-29(39-27)41-12-14-48-15-13-41/h4-9,16-17H,1-3,10-15H2,(H,42,43,44)(H,45,46,47)(H3,30,32,34,36,38)(H3,31,33,35,37,39)/p-2/b5-4+. The first kappa shape index (κ1) is 34.6. The fraction of sp³-hybridized carbons (Fsp3) is 0.310. The van der Waals surface area contributed by atoms with Crippen LogP contribution in [-0.2, 0) is 25.0 Å². The Morgan fingerprint density at radius 2 is 1.08 bits per heavy atom. The Labute approximate surface area is 287 Å². The van der Waals surface area contributed by atoms with Crippen molar-refractivity contribution < 1.29 is 30.7 Å². The first-order valence-corrected chi connectivity index (χ1v) is 18.2. The van der Waals surface area contributed by atoms with Crippen LogP contribution in [0.1, 0.15) is 30.4 Å². The highest BCUT2D eigenvalue weighted by Gasteiger charge is 2.18. The zero-order valence-corrected chi connectivity index (χ0v) is 28.0. The number of morpholine rings is 1. The highest BCUT2D eigenvalue weighted by molar-refractivity contribution is 7.86. The van der Waals surface area contributed by atoms with Gasteiger partial charge in [-0.15, -0.1) is 0 Å². The second-order valence-corrected chi connectivity index (χ2v) is 14.0. The van der Waals surface area contributed by atoms with Gasteiger partial charge in [0.15, 0.2) is 0 Å². The van der Waals surface area contributed by atoms with Crippen molar-refractivity contribution >= 4 is 79.5 Å². The molecule has 2 saturated heterocycles. The van der Waals surface area contributed by atoms with Gasteiger partial charge in [-0.05, 0) is 54.7 Å². The summed E-state index contributed by atoms with van der Waals surface area (Å²) in [6, 6.07) is 7.75. The molecule has 0 saturated carbocycles. The number of aromatic nitrogens is 6. The highest BCUT2D eigenvalue weighted by atomic mass is 32.2. The average Bonchev–Trinajstić information content (AvgIpc) is 3.07. The van der Waals surface area contributed by atoms with Crippen LogP contribution >= 0.6 is 0 Å². The van der Waals surface area contributed by atoms with E-state index in [1.165, 1.54) is 36.4 Å². The molecule has 2 aliphatic rings. The maximum absolute atomic E-state index is 12.3. The van der Waals surface area contributed by atoms with Gasteiger partial charge in [0.05, 0.1) is 23.0 Å². The largest absolute Gasteiger partial charge is 0.744 e. The van der Waals surface area contributed by atoms with Crippen molar-refractivity contribution in [3.05, 3.63) is 47.5 Å². The maximum Gasteiger partial charge on any atom is 0.233 e. The number of rotatable bonds is 10. The topological polar surface area (TPSA) is 284 Å². The molecule has 50 heavy (non-hydrogen) atoms. The molecule has 264 valence electrons. The molecule has 0 amide bonds. The summed E-state index contributed by atoms with van der Waals surface area (Å²) >= 11 is 0. The number of nitrogens with one attached hydrogen (secondary N) is 2. The van der Waals surface area contributed by atoms with E-state index in [4.69, 9.17) is 16.2 Å². The fourth-order valence-electron chi connectivity index (χ4n) is 5.38. The number of piperidine rings is 1. The Morgan fingerprint density at radius 1 is 0.640 bits per heavy atom.